The van der Waals surface area contributed by atoms with Gasteiger partial charge in [-0.2, -0.15) is 0 Å². The van der Waals surface area contributed by atoms with Crippen LogP contribution in [0, 0.1) is 0 Å². The summed E-state index contributed by atoms with van der Waals surface area (Å²) >= 11 is 5.24. The molecule has 2 aromatic rings. The van der Waals surface area contributed by atoms with Gasteiger partial charge in [0.1, 0.15) is 18.1 Å². The van der Waals surface area contributed by atoms with Crippen molar-refractivity contribution in [1.29, 1.82) is 0 Å². The summed E-state index contributed by atoms with van der Waals surface area (Å²) in [6.07, 6.45) is 0.581. The number of aromatic hydroxyl groups is 1. The second kappa shape index (κ2) is 6.59. The van der Waals surface area contributed by atoms with Crippen molar-refractivity contribution >= 4 is 18.4 Å². The highest BCUT2D eigenvalue weighted by Crippen LogP contribution is 2.32. The van der Waals surface area contributed by atoms with Crippen LogP contribution >= 0.6 is 12.6 Å². The fourth-order valence-corrected chi connectivity index (χ4v) is 2.36. The van der Waals surface area contributed by atoms with E-state index in [1.807, 2.05) is 31.2 Å². The topological polar surface area (TPSA) is 46.5 Å². The maximum atomic E-state index is 11.5. The summed E-state index contributed by atoms with van der Waals surface area (Å²) in [5, 5.41) is 10.2. The number of benzene rings is 2. The van der Waals surface area contributed by atoms with Gasteiger partial charge in [-0.1, -0.05) is 37.8 Å². The summed E-state index contributed by atoms with van der Waals surface area (Å²) in [5.74, 6) is 0.428. The molecule has 109 valence electrons. The first-order valence-corrected chi connectivity index (χ1v) is 7.19. The minimum Gasteiger partial charge on any atom is -0.507 e. The zero-order chi connectivity index (χ0) is 15.4. The summed E-state index contributed by atoms with van der Waals surface area (Å²) < 4.78 is 5.77. The summed E-state index contributed by atoms with van der Waals surface area (Å²) in [6.45, 7) is 3.68. The lowest BCUT2D eigenvalue weighted by Gasteiger charge is -2.14. The summed E-state index contributed by atoms with van der Waals surface area (Å²) in [5.41, 5.74) is 1.89. The van der Waals surface area contributed by atoms with Gasteiger partial charge in [0.15, 0.2) is 5.78 Å². The van der Waals surface area contributed by atoms with Crippen LogP contribution in [0.1, 0.15) is 35.3 Å². The van der Waals surface area contributed by atoms with E-state index in [4.69, 9.17) is 17.4 Å². The Hall–Kier alpha value is -2.07. The molecule has 0 amide bonds. The predicted molar refractivity (Wildman–Crippen MR) is 84.1 cm³/mol. The van der Waals surface area contributed by atoms with Crippen molar-refractivity contribution in [3.63, 3.8) is 0 Å². The number of rotatable bonds is 5. The second-order valence-electron chi connectivity index (χ2n) is 4.74. The molecule has 3 nitrogen and oxygen atoms in total. The molecule has 21 heavy (non-hydrogen) atoms. The van der Waals surface area contributed by atoms with Crippen LogP contribution in [0.2, 0.25) is 0 Å². The van der Waals surface area contributed by atoms with Crippen molar-refractivity contribution in [3.05, 3.63) is 53.1 Å². The molecule has 0 aliphatic heterocycles. The van der Waals surface area contributed by atoms with Crippen LogP contribution in [-0.2, 0) is 13.0 Å². The molecule has 0 aliphatic carbocycles. The van der Waals surface area contributed by atoms with Crippen LogP contribution < -0.4 is 4.74 Å². The molecule has 0 heterocycles. The third-order valence-corrected chi connectivity index (χ3v) is 3.73. The molecule has 0 unspecified atom stereocenters. The lowest BCUT2D eigenvalue weighted by molar-refractivity contribution is 0.101. The molecular weight excluding hydrogens is 284 g/mol. The summed E-state index contributed by atoms with van der Waals surface area (Å²) in [4.78, 5) is 12.2. The monoisotopic (exact) mass is 301 g/mol. The Kier molecular flexibility index (Phi) is 4.81. The second-order valence-corrected chi connectivity index (χ2v) is 5.18. The number of carbonyl (C=O) groups is 1. The molecule has 0 aliphatic rings. The Morgan fingerprint density at radius 3 is 2.57 bits per heavy atom. The number of ketones is 1. The number of Topliss-reactive ketones (excluding diaryl/α,β-unsaturated/α-hetero) is 1. The fraction of sp³-hybridized carbons (Fsp3) is 0.235. The first-order valence-electron chi connectivity index (χ1n) is 6.78. The quantitative estimate of drug-likeness (QED) is 0.838. The smallest absolute Gasteiger partial charge is 0.163 e. The number of ether oxygens (including phenoxy) is 1. The van der Waals surface area contributed by atoms with Crippen molar-refractivity contribution < 1.29 is 14.6 Å². The van der Waals surface area contributed by atoms with Crippen molar-refractivity contribution in [3.8, 4) is 11.5 Å². The van der Waals surface area contributed by atoms with Crippen molar-refractivity contribution in [1.82, 2.24) is 0 Å². The third-order valence-electron chi connectivity index (χ3n) is 3.33. The van der Waals surface area contributed by atoms with Crippen LogP contribution in [0.25, 0.3) is 0 Å². The molecule has 0 atom stereocenters. The predicted octanol–water partition coefficient (Wildman–Crippen LogP) is 4.29. The molecule has 0 saturated heterocycles. The number of phenols is 1. The number of phenolic OH excluding ortho intramolecular Hbond substituents is 1. The lowest BCUT2D eigenvalue weighted by Crippen LogP contribution is -2.02. The van der Waals surface area contributed by atoms with E-state index in [1.165, 1.54) is 6.92 Å². The highest BCUT2D eigenvalue weighted by atomic mass is 32.1. The SMILES string of the molecule is CCc1c(OCc2ccccc2[S])ccc(C(C)=O)c1O. The van der Waals surface area contributed by atoms with E-state index in [-0.39, 0.29) is 11.5 Å². The van der Waals surface area contributed by atoms with Crippen molar-refractivity contribution in [2.75, 3.05) is 0 Å². The largest absolute Gasteiger partial charge is 0.507 e. The van der Waals surface area contributed by atoms with E-state index in [2.05, 4.69) is 0 Å². The van der Waals surface area contributed by atoms with E-state index in [0.29, 0.717) is 29.9 Å². The van der Waals surface area contributed by atoms with E-state index < -0.39 is 0 Å². The van der Waals surface area contributed by atoms with Gasteiger partial charge >= 0.3 is 0 Å². The van der Waals surface area contributed by atoms with Gasteiger partial charge in [0.05, 0.1) is 5.56 Å². The molecule has 1 radical (unpaired) electrons. The van der Waals surface area contributed by atoms with Gasteiger partial charge in [0.25, 0.3) is 0 Å². The minimum atomic E-state index is -0.162. The fourth-order valence-electron chi connectivity index (χ4n) is 2.16. The van der Waals surface area contributed by atoms with Crippen LogP contribution in [0.5, 0.6) is 11.5 Å². The molecule has 2 aromatic carbocycles. The van der Waals surface area contributed by atoms with Gasteiger partial charge in [-0.05, 0) is 31.5 Å². The molecule has 0 aromatic heterocycles. The zero-order valence-electron chi connectivity index (χ0n) is 12.1. The first kappa shape index (κ1) is 15.3. The molecular formula is C17H17O3S. The molecule has 1 N–H and O–H groups in total. The van der Waals surface area contributed by atoms with Gasteiger partial charge < -0.3 is 9.84 Å². The van der Waals surface area contributed by atoms with Crippen LogP contribution in [0.4, 0.5) is 0 Å². The molecule has 0 saturated carbocycles. The molecule has 0 spiro atoms. The maximum Gasteiger partial charge on any atom is 0.163 e. The van der Waals surface area contributed by atoms with Crippen LogP contribution in [0.15, 0.2) is 41.3 Å². The van der Waals surface area contributed by atoms with Gasteiger partial charge in [-0.3, -0.25) is 4.79 Å². The van der Waals surface area contributed by atoms with Crippen LogP contribution in [-0.4, -0.2) is 10.9 Å². The van der Waals surface area contributed by atoms with Gasteiger partial charge in [-0.15, -0.1) is 0 Å². The molecule has 2 rings (SSSR count). The molecule has 4 heteroatoms. The van der Waals surface area contributed by atoms with Gasteiger partial charge in [0.2, 0.25) is 0 Å². The number of hydrogen-bond donors (Lipinski definition) is 1. The maximum absolute atomic E-state index is 11.5. The summed E-state index contributed by atoms with van der Waals surface area (Å²) in [7, 11) is 0. The average molecular weight is 301 g/mol. The number of hydrogen-bond acceptors (Lipinski definition) is 3. The van der Waals surface area contributed by atoms with E-state index in [9.17, 15) is 9.90 Å². The van der Waals surface area contributed by atoms with Crippen molar-refractivity contribution in [2.24, 2.45) is 0 Å². The van der Waals surface area contributed by atoms with E-state index in [0.717, 1.165) is 10.5 Å². The standard InChI is InChI=1S/C17H17O3S/c1-3-13-15(9-8-14(11(2)18)17(13)19)20-10-12-6-4-5-7-16(12)21/h4-9,19H,3,10H2,1-2H3. The molecule has 0 fully saturated rings. The molecule has 0 bridgehead atoms. The Bertz CT molecular complexity index is 665. The summed E-state index contributed by atoms with van der Waals surface area (Å²) in [6, 6.07) is 10.9. The van der Waals surface area contributed by atoms with Crippen LogP contribution in [0.3, 0.4) is 0 Å². The number of carbonyl (C=O) groups excluding carboxylic acids is 1. The first-order chi connectivity index (χ1) is 10.0. The Morgan fingerprint density at radius 2 is 1.95 bits per heavy atom. The normalized spacial score (nSPS) is 10.4. The Balaban J connectivity index is 2.27. The lowest BCUT2D eigenvalue weighted by atomic mass is 10.0. The Labute approximate surface area is 130 Å². The zero-order valence-corrected chi connectivity index (χ0v) is 12.9. The Morgan fingerprint density at radius 1 is 1.24 bits per heavy atom. The minimum absolute atomic E-state index is 0.00848. The highest BCUT2D eigenvalue weighted by Gasteiger charge is 2.15. The average Bonchev–Trinajstić information content (AvgIpc) is 2.46. The van der Waals surface area contributed by atoms with Gasteiger partial charge in [-0.25, -0.2) is 0 Å². The van der Waals surface area contributed by atoms with E-state index in [1.54, 1.807) is 12.1 Å². The van der Waals surface area contributed by atoms with E-state index >= 15 is 0 Å². The van der Waals surface area contributed by atoms with Crippen molar-refractivity contribution in [2.45, 2.75) is 31.8 Å². The van der Waals surface area contributed by atoms with Gasteiger partial charge in [0, 0.05) is 16.0 Å². The highest BCUT2D eigenvalue weighted by molar-refractivity contribution is 7.80. The third kappa shape index (κ3) is 3.34.